The van der Waals surface area contributed by atoms with E-state index in [1.807, 2.05) is 24.3 Å². The third-order valence-corrected chi connectivity index (χ3v) is 5.94. The van der Waals surface area contributed by atoms with Gasteiger partial charge < -0.3 is 19.1 Å². The summed E-state index contributed by atoms with van der Waals surface area (Å²) in [6.07, 6.45) is 2.49. The lowest BCUT2D eigenvalue weighted by Gasteiger charge is -2.35. The fraction of sp³-hybridized carbons (Fsp3) is 0.500. The Labute approximate surface area is 198 Å². The number of methoxy groups -OCH3 is 1. The molecular formula is C20H23BrCl2N4O4. The Morgan fingerprint density at radius 2 is 2.06 bits per heavy atom. The van der Waals surface area contributed by atoms with Crippen LogP contribution in [0.2, 0.25) is 0 Å². The van der Waals surface area contributed by atoms with Crippen molar-refractivity contribution in [1.29, 1.82) is 0 Å². The highest BCUT2D eigenvalue weighted by Crippen LogP contribution is 2.31. The summed E-state index contributed by atoms with van der Waals surface area (Å²) in [5.41, 5.74) is 0.818. The molecule has 1 fully saturated rings. The Morgan fingerprint density at radius 3 is 2.74 bits per heavy atom. The Hall–Kier alpha value is -1.68. The van der Waals surface area contributed by atoms with Crippen molar-refractivity contribution in [3.8, 4) is 11.4 Å². The number of hydrogen-bond acceptors (Lipinski definition) is 6. The maximum Gasteiger partial charge on any atom is 0.256 e. The highest BCUT2D eigenvalue weighted by Gasteiger charge is 2.34. The van der Waals surface area contributed by atoms with Crippen molar-refractivity contribution in [3.05, 3.63) is 34.6 Å². The Morgan fingerprint density at radius 1 is 1.32 bits per heavy atom. The van der Waals surface area contributed by atoms with E-state index in [4.69, 9.17) is 32.5 Å². The summed E-state index contributed by atoms with van der Waals surface area (Å²) in [6, 6.07) is 7.22. The third-order valence-electron chi connectivity index (χ3n) is 5.04. The SMILES string of the molecule is COCCN(CC(=O)N1CCCCC1c1nc(-c2ccc(Br)cc2)no1)C(=O)C(Cl)Cl. The van der Waals surface area contributed by atoms with Crippen LogP contribution in [-0.2, 0) is 14.3 Å². The number of carbonyl (C=O) groups excluding carboxylic acids is 2. The van der Waals surface area contributed by atoms with Crippen molar-refractivity contribution in [1.82, 2.24) is 19.9 Å². The van der Waals surface area contributed by atoms with Crippen molar-refractivity contribution >= 4 is 50.9 Å². The molecule has 31 heavy (non-hydrogen) atoms. The highest BCUT2D eigenvalue weighted by atomic mass is 79.9. The number of alkyl halides is 2. The number of likely N-dealkylation sites (tertiary alicyclic amines) is 1. The van der Waals surface area contributed by atoms with Crippen LogP contribution in [0.15, 0.2) is 33.3 Å². The zero-order valence-corrected chi connectivity index (χ0v) is 20.1. The van der Waals surface area contributed by atoms with Crippen molar-refractivity contribution < 1.29 is 18.8 Å². The van der Waals surface area contributed by atoms with Crippen LogP contribution in [0.4, 0.5) is 0 Å². The van der Waals surface area contributed by atoms with E-state index in [-0.39, 0.29) is 31.6 Å². The first-order chi connectivity index (χ1) is 14.9. The van der Waals surface area contributed by atoms with Crippen LogP contribution in [0.5, 0.6) is 0 Å². The van der Waals surface area contributed by atoms with Gasteiger partial charge in [0.25, 0.3) is 5.91 Å². The van der Waals surface area contributed by atoms with Crippen LogP contribution >= 0.6 is 39.1 Å². The molecule has 1 saturated heterocycles. The van der Waals surface area contributed by atoms with Crippen LogP contribution < -0.4 is 0 Å². The van der Waals surface area contributed by atoms with Gasteiger partial charge in [-0.3, -0.25) is 9.59 Å². The van der Waals surface area contributed by atoms with Gasteiger partial charge in [0.15, 0.2) is 4.84 Å². The molecule has 1 unspecified atom stereocenters. The zero-order valence-electron chi connectivity index (χ0n) is 17.0. The molecule has 0 aliphatic carbocycles. The standard InChI is InChI=1S/C20H23BrCl2N4O4/c1-30-11-10-26(20(29)17(22)23)12-16(28)27-9-3-2-4-15(27)19-24-18(25-31-19)13-5-7-14(21)8-6-13/h5-8,15,17H,2-4,9-12H2,1H3. The quantitative estimate of drug-likeness (QED) is 0.479. The molecule has 2 amide bonds. The van der Waals surface area contributed by atoms with Gasteiger partial charge in [0.2, 0.25) is 17.6 Å². The fourth-order valence-electron chi connectivity index (χ4n) is 3.43. The van der Waals surface area contributed by atoms with E-state index in [1.165, 1.54) is 12.0 Å². The van der Waals surface area contributed by atoms with Crippen molar-refractivity contribution in [2.24, 2.45) is 0 Å². The minimum absolute atomic E-state index is 0.150. The molecule has 168 valence electrons. The molecule has 8 nitrogen and oxygen atoms in total. The number of amides is 2. The maximum atomic E-state index is 13.1. The maximum absolute atomic E-state index is 13.1. The first-order valence-electron chi connectivity index (χ1n) is 9.85. The summed E-state index contributed by atoms with van der Waals surface area (Å²) >= 11 is 14.9. The molecule has 1 aromatic heterocycles. The van der Waals surface area contributed by atoms with Gasteiger partial charge in [-0.25, -0.2) is 0 Å². The number of benzene rings is 1. The third kappa shape index (κ3) is 6.19. The van der Waals surface area contributed by atoms with Crippen LogP contribution in [-0.4, -0.2) is 69.9 Å². The smallest absolute Gasteiger partial charge is 0.256 e. The Kier molecular flexibility index (Phi) is 8.71. The summed E-state index contributed by atoms with van der Waals surface area (Å²) in [6.45, 7) is 0.867. The van der Waals surface area contributed by atoms with Gasteiger partial charge in [-0.15, -0.1) is 0 Å². The van der Waals surface area contributed by atoms with Crippen molar-refractivity contribution in [3.63, 3.8) is 0 Å². The summed E-state index contributed by atoms with van der Waals surface area (Å²) in [5, 5.41) is 4.08. The average Bonchev–Trinajstić information content (AvgIpc) is 3.26. The van der Waals surface area contributed by atoms with Gasteiger partial charge in [-0.1, -0.05) is 44.3 Å². The summed E-state index contributed by atoms with van der Waals surface area (Å²) in [4.78, 5) is 31.7. The van der Waals surface area contributed by atoms with Gasteiger partial charge in [0.05, 0.1) is 13.2 Å². The lowest BCUT2D eigenvalue weighted by atomic mass is 10.0. The second-order valence-electron chi connectivity index (χ2n) is 7.12. The second kappa shape index (κ2) is 11.3. The predicted octanol–water partition coefficient (Wildman–Crippen LogP) is 3.83. The lowest BCUT2D eigenvalue weighted by Crippen LogP contribution is -2.48. The molecule has 0 N–H and O–H groups in total. The van der Waals surface area contributed by atoms with Gasteiger partial charge in [-0.2, -0.15) is 4.98 Å². The van der Waals surface area contributed by atoms with Gasteiger partial charge >= 0.3 is 0 Å². The number of ether oxygens (including phenoxy) is 1. The predicted molar refractivity (Wildman–Crippen MR) is 120 cm³/mol. The second-order valence-corrected chi connectivity index (χ2v) is 9.13. The van der Waals surface area contributed by atoms with E-state index in [0.29, 0.717) is 24.7 Å². The Bertz CT molecular complexity index is 894. The molecule has 1 aliphatic heterocycles. The largest absolute Gasteiger partial charge is 0.383 e. The summed E-state index contributed by atoms with van der Waals surface area (Å²) in [5.74, 6) is 0.0851. The molecule has 2 heterocycles. The van der Waals surface area contributed by atoms with Crippen molar-refractivity contribution in [2.75, 3.05) is 33.4 Å². The molecule has 3 rings (SSSR count). The van der Waals surface area contributed by atoms with E-state index >= 15 is 0 Å². The molecule has 0 bridgehead atoms. The highest BCUT2D eigenvalue weighted by molar-refractivity contribution is 9.10. The van der Waals surface area contributed by atoms with E-state index in [2.05, 4.69) is 26.1 Å². The van der Waals surface area contributed by atoms with Crippen LogP contribution in [0.3, 0.4) is 0 Å². The number of rotatable bonds is 8. The molecule has 1 atom stereocenters. The summed E-state index contributed by atoms with van der Waals surface area (Å²) < 4.78 is 11.5. The van der Waals surface area contributed by atoms with Gasteiger partial charge in [0, 0.05) is 30.2 Å². The topological polar surface area (TPSA) is 88.8 Å². The fourth-order valence-corrected chi connectivity index (χ4v) is 3.97. The van der Waals surface area contributed by atoms with E-state index in [0.717, 1.165) is 22.9 Å². The van der Waals surface area contributed by atoms with E-state index < -0.39 is 10.7 Å². The number of aromatic nitrogens is 2. The van der Waals surface area contributed by atoms with Gasteiger partial charge in [-0.05, 0) is 43.5 Å². The molecule has 11 heteroatoms. The molecule has 0 radical (unpaired) electrons. The monoisotopic (exact) mass is 532 g/mol. The first-order valence-corrected chi connectivity index (χ1v) is 11.5. The molecular weight excluding hydrogens is 511 g/mol. The minimum atomic E-state index is -1.24. The van der Waals surface area contributed by atoms with E-state index in [1.54, 1.807) is 4.90 Å². The lowest BCUT2D eigenvalue weighted by molar-refractivity contribution is -0.143. The number of carbonyl (C=O) groups is 2. The summed E-state index contributed by atoms with van der Waals surface area (Å²) in [7, 11) is 1.52. The number of halogens is 3. The molecule has 1 aliphatic rings. The average molecular weight is 534 g/mol. The normalized spacial score (nSPS) is 16.5. The Balaban J connectivity index is 1.76. The molecule has 0 saturated carbocycles. The zero-order chi connectivity index (χ0) is 22.4. The number of hydrogen-bond donors (Lipinski definition) is 0. The number of piperidine rings is 1. The first kappa shape index (κ1) is 24.0. The van der Waals surface area contributed by atoms with E-state index in [9.17, 15) is 9.59 Å². The van der Waals surface area contributed by atoms with Crippen LogP contribution in [0.25, 0.3) is 11.4 Å². The van der Waals surface area contributed by atoms with Crippen molar-refractivity contribution in [2.45, 2.75) is 30.1 Å². The molecule has 1 aromatic carbocycles. The molecule has 2 aromatic rings. The van der Waals surface area contributed by atoms with Gasteiger partial charge in [0.1, 0.15) is 6.04 Å². The molecule has 0 spiro atoms. The minimum Gasteiger partial charge on any atom is -0.383 e. The van der Waals surface area contributed by atoms with Crippen LogP contribution in [0.1, 0.15) is 31.2 Å². The van der Waals surface area contributed by atoms with Crippen LogP contribution in [0, 0.1) is 0 Å². The number of nitrogens with zero attached hydrogens (tertiary/aromatic N) is 4.